The number of benzene rings is 2. The van der Waals surface area contributed by atoms with Crippen molar-refractivity contribution < 1.29 is 29.3 Å². The van der Waals surface area contributed by atoms with Gasteiger partial charge in [-0.05, 0) is 17.7 Å². The van der Waals surface area contributed by atoms with Crippen LogP contribution in [0.3, 0.4) is 0 Å². The van der Waals surface area contributed by atoms with Crippen LogP contribution in [0.4, 0.5) is 10.5 Å². The summed E-state index contributed by atoms with van der Waals surface area (Å²) in [7, 11) is 0. The summed E-state index contributed by atoms with van der Waals surface area (Å²) in [6.45, 7) is 0.736. The summed E-state index contributed by atoms with van der Waals surface area (Å²) in [5.41, 5.74) is 1.01. The van der Waals surface area contributed by atoms with Crippen LogP contribution in [0.2, 0.25) is 0 Å². The zero-order chi connectivity index (χ0) is 17.4. The zero-order valence-electron chi connectivity index (χ0n) is 12.8. The molecule has 0 saturated carbocycles. The van der Waals surface area contributed by atoms with Crippen LogP contribution in [0.15, 0.2) is 48.5 Å². The van der Waals surface area contributed by atoms with Gasteiger partial charge >= 0.3 is 12.1 Å². The van der Waals surface area contributed by atoms with E-state index in [1.165, 1.54) is 12.1 Å². The first kappa shape index (κ1) is 17.3. The molecular formula is C17H17NO6. The summed E-state index contributed by atoms with van der Waals surface area (Å²) in [6.07, 6.45) is -0.721. The Hall–Kier alpha value is -3.06. The van der Waals surface area contributed by atoms with Gasteiger partial charge in [-0.15, -0.1) is 0 Å². The minimum Gasteiger partial charge on any atom is -0.507 e. The van der Waals surface area contributed by atoms with E-state index in [4.69, 9.17) is 14.6 Å². The van der Waals surface area contributed by atoms with Crippen LogP contribution in [0.25, 0.3) is 0 Å². The van der Waals surface area contributed by atoms with Gasteiger partial charge in [0.25, 0.3) is 0 Å². The van der Waals surface area contributed by atoms with Crippen molar-refractivity contribution >= 4 is 17.7 Å². The number of carbonyl (C=O) groups excluding carboxylic acids is 1. The topological polar surface area (TPSA) is 105 Å². The van der Waals surface area contributed by atoms with Crippen molar-refractivity contribution in [1.29, 1.82) is 0 Å². The lowest BCUT2D eigenvalue weighted by molar-refractivity contribution is 0.0693. The molecule has 0 saturated heterocycles. The van der Waals surface area contributed by atoms with Gasteiger partial charge in [0.2, 0.25) is 0 Å². The molecule has 0 unspecified atom stereocenters. The molecule has 2 rings (SSSR count). The van der Waals surface area contributed by atoms with E-state index < -0.39 is 17.8 Å². The van der Waals surface area contributed by atoms with Crippen LogP contribution in [-0.2, 0) is 16.1 Å². The van der Waals surface area contributed by atoms with Gasteiger partial charge in [0.1, 0.15) is 17.9 Å². The standard InChI is InChI=1S/C17H17NO6/c19-15-10-13(6-7-14(15)16(20)21)18-17(22)24-9-8-23-11-12-4-2-1-3-5-12/h1-7,10,19H,8-9,11H2,(H,18,22)(H,20,21). The van der Waals surface area contributed by atoms with Crippen molar-refractivity contribution in [3.05, 3.63) is 59.7 Å². The van der Waals surface area contributed by atoms with Gasteiger partial charge in [-0.25, -0.2) is 9.59 Å². The van der Waals surface area contributed by atoms with Crippen molar-refractivity contribution in [1.82, 2.24) is 0 Å². The quantitative estimate of drug-likeness (QED) is 0.674. The molecule has 2 aromatic carbocycles. The fourth-order valence-electron chi connectivity index (χ4n) is 1.90. The second-order valence-electron chi connectivity index (χ2n) is 4.84. The highest BCUT2D eigenvalue weighted by molar-refractivity contribution is 5.92. The van der Waals surface area contributed by atoms with Crippen LogP contribution in [0, 0.1) is 0 Å². The summed E-state index contributed by atoms with van der Waals surface area (Å²) in [6, 6.07) is 13.3. The van der Waals surface area contributed by atoms with Gasteiger partial charge in [0.15, 0.2) is 0 Å². The molecule has 24 heavy (non-hydrogen) atoms. The lowest BCUT2D eigenvalue weighted by Crippen LogP contribution is -2.16. The van der Waals surface area contributed by atoms with Crippen molar-refractivity contribution in [3.8, 4) is 5.75 Å². The Labute approximate surface area is 138 Å². The molecular weight excluding hydrogens is 314 g/mol. The molecule has 1 amide bonds. The highest BCUT2D eigenvalue weighted by atomic mass is 16.6. The largest absolute Gasteiger partial charge is 0.507 e. The molecule has 0 atom stereocenters. The number of nitrogens with one attached hydrogen (secondary N) is 1. The predicted molar refractivity (Wildman–Crippen MR) is 86.1 cm³/mol. The Morgan fingerprint density at radius 1 is 1.04 bits per heavy atom. The number of aromatic hydroxyl groups is 1. The van der Waals surface area contributed by atoms with E-state index >= 15 is 0 Å². The van der Waals surface area contributed by atoms with Crippen LogP contribution < -0.4 is 5.32 Å². The third-order valence-corrected chi connectivity index (χ3v) is 3.05. The van der Waals surface area contributed by atoms with E-state index in [-0.39, 0.29) is 24.5 Å². The average molecular weight is 331 g/mol. The van der Waals surface area contributed by atoms with E-state index in [0.717, 1.165) is 11.6 Å². The molecule has 7 nitrogen and oxygen atoms in total. The van der Waals surface area contributed by atoms with Crippen LogP contribution in [0.1, 0.15) is 15.9 Å². The van der Waals surface area contributed by atoms with Crippen molar-refractivity contribution in [2.45, 2.75) is 6.61 Å². The van der Waals surface area contributed by atoms with Crippen LogP contribution in [-0.4, -0.2) is 35.5 Å². The first-order chi connectivity index (χ1) is 11.6. The van der Waals surface area contributed by atoms with Crippen molar-refractivity contribution in [2.75, 3.05) is 18.5 Å². The first-order valence-corrected chi connectivity index (χ1v) is 7.18. The van der Waals surface area contributed by atoms with E-state index in [0.29, 0.717) is 6.61 Å². The monoisotopic (exact) mass is 331 g/mol. The minimum absolute atomic E-state index is 0.0673. The SMILES string of the molecule is O=C(Nc1ccc(C(=O)O)c(O)c1)OCCOCc1ccccc1. The van der Waals surface area contributed by atoms with Gasteiger partial charge in [0, 0.05) is 11.8 Å². The van der Waals surface area contributed by atoms with Gasteiger partial charge < -0.3 is 19.7 Å². The van der Waals surface area contributed by atoms with E-state index in [1.54, 1.807) is 0 Å². The molecule has 3 N–H and O–H groups in total. The molecule has 0 aliphatic heterocycles. The summed E-state index contributed by atoms with van der Waals surface area (Å²) < 4.78 is 10.3. The Kier molecular flexibility index (Phi) is 6.16. The second-order valence-corrected chi connectivity index (χ2v) is 4.84. The van der Waals surface area contributed by atoms with Crippen LogP contribution in [0.5, 0.6) is 5.75 Å². The number of phenols is 1. The summed E-state index contributed by atoms with van der Waals surface area (Å²) in [5, 5.41) is 20.7. The predicted octanol–water partition coefficient (Wildman–Crippen LogP) is 2.86. The molecule has 0 spiro atoms. The third kappa shape index (κ3) is 5.29. The number of anilines is 1. The van der Waals surface area contributed by atoms with E-state index in [2.05, 4.69) is 5.32 Å². The molecule has 7 heteroatoms. The fraction of sp³-hybridized carbons (Fsp3) is 0.176. The van der Waals surface area contributed by atoms with Gasteiger partial charge in [0.05, 0.1) is 13.2 Å². The first-order valence-electron chi connectivity index (χ1n) is 7.18. The average Bonchev–Trinajstić information content (AvgIpc) is 2.55. The zero-order valence-corrected chi connectivity index (χ0v) is 12.8. The maximum Gasteiger partial charge on any atom is 0.411 e. The van der Waals surface area contributed by atoms with Crippen molar-refractivity contribution in [2.24, 2.45) is 0 Å². The molecule has 0 fully saturated rings. The Bertz CT molecular complexity index is 701. The number of carboxylic acids is 1. The Morgan fingerprint density at radius 3 is 2.46 bits per heavy atom. The summed E-state index contributed by atoms with van der Waals surface area (Å²) in [5.74, 6) is -1.69. The molecule has 0 heterocycles. The molecule has 126 valence electrons. The molecule has 0 aliphatic rings. The highest BCUT2D eigenvalue weighted by Gasteiger charge is 2.11. The smallest absolute Gasteiger partial charge is 0.411 e. The number of carbonyl (C=O) groups is 2. The maximum absolute atomic E-state index is 11.6. The Balaban J connectivity index is 1.70. The van der Waals surface area contributed by atoms with E-state index in [9.17, 15) is 14.7 Å². The number of carboxylic acid groups (broad SMARTS) is 1. The number of ether oxygens (including phenoxy) is 2. The Morgan fingerprint density at radius 2 is 1.79 bits per heavy atom. The number of amides is 1. The number of aromatic carboxylic acids is 1. The number of rotatable bonds is 7. The molecule has 0 aliphatic carbocycles. The second kappa shape index (κ2) is 8.54. The number of hydrogen-bond acceptors (Lipinski definition) is 5. The highest BCUT2D eigenvalue weighted by Crippen LogP contribution is 2.21. The normalized spacial score (nSPS) is 10.2. The lowest BCUT2D eigenvalue weighted by atomic mass is 10.2. The number of hydrogen-bond donors (Lipinski definition) is 3. The summed E-state index contributed by atoms with van der Waals surface area (Å²) in [4.78, 5) is 22.4. The minimum atomic E-state index is -1.25. The van der Waals surface area contributed by atoms with Crippen molar-refractivity contribution in [3.63, 3.8) is 0 Å². The lowest BCUT2D eigenvalue weighted by Gasteiger charge is -2.09. The molecule has 0 bridgehead atoms. The third-order valence-electron chi connectivity index (χ3n) is 3.05. The van der Waals surface area contributed by atoms with Crippen LogP contribution >= 0.6 is 0 Å². The fourth-order valence-corrected chi connectivity index (χ4v) is 1.90. The molecule has 2 aromatic rings. The van der Waals surface area contributed by atoms with Gasteiger partial charge in [-0.1, -0.05) is 30.3 Å². The van der Waals surface area contributed by atoms with Gasteiger partial charge in [-0.2, -0.15) is 0 Å². The summed E-state index contributed by atoms with van der Waals surface area (Å²) >= 11 is 0. The molecule has 0 aromatic heterocycles. The molecule has 0 radical (unpaired) electrons. The maximum atomic E-state index is 11.6. The van der Waals surface area contributed by atoms with E-state index in [1.807, 2.05) is 30.3 Å². The van der Waals surface area contributed by atoms with Gasteiger partial charge in [-0.3, -0.25) is 5.32 Å².